The highest BCUT2D eigenvalue weighted by atomic mass is 32.1. The van der Waals surface area contributed by atoms with Crippen molar-refractivity contribution in [3.63, 3.8) is 0 Å². The summed E-state index contributed by atoms with van der Waals surface area (Å²) in [6, 6.07) is 11.3. The van der Waals surface area contributed by atoms with Gasteiger partial charge in [-0.15, -0.1) is 11.3 Å². The number of imidazole rings is 1. The van der Waals surface area contributed by atoms with Gasteiger partial charge in [-0.1, -0.05) is 12.1 Å². The van der Waals surface area contributed by atoms with Gasteiger partial charge in [-0.05, 0) is 31.2 Å². The third kappa shape index (κ3) is 3.23. The van der Waals surface area contributed by atoms with E-state index in [1.165, 1.54) is 11.3 Å². The van der Waals surface area contributed by atoms with Crippen LogP contribution in [0.4, 0.5) is 5.95 Å². The summed E-state index contributed by atoms with van der Waals surface area (Å²) in [6.07, 6.45) is 0.346. The van der Waals surface area contributed by atoms with Crippen LogP contribution < -0.4 is 5.32 Å². The van der Waals surface area contributed by atoms with Crippen molar-refractivity contribution in [2.45, 2.75) is 19.8 Å². The Morgan fingerprint density at radius 1 is 1.18 bits per heavy atom. The summed E-state index contributed by atoms with van der Waals surface area (Å²) >= 11 is 1.45. The molecule has 0 aliphatic carbocycles. The molecule has 1 aromatic carbocycles. The number of H-pyrrole nitrogens is 1. The molecule has 2 aromatic heterocycles. The van der Waals surface area contributed by atoms with Crippen LogP contribution >= 0.6 is 11.3 Å². The van der Waals surface area contributed by atoms with E-state index >= 15 is 0 Å². The van der Waals surface area contributed by atoms with E-state index in [0.29, 0.717) is 10.8 Å². The maximum absolute atomic E-state index is 12.0. The van der Waals surface area contributed by atoms with Gasteiger partial charge in [0.15, 0.2) is 5.78 Å². The van der Waals surface area contributed by atoms with E-state index in [2.05, 4.69) is 15.3 Å². The SMILES string of the molecule is Cc1ccc(C(=O)CCC(=O)Nc2nc3ccccc3[nH]2)s1. The molecule has 0 aliphatic heterocycles. The summed E-state index contributed by atoms with van der Waals surface area (Å²) in [4.78, 5) is 33.0. The molecule has 0 atom stereocenters. The van der Waals surface area contributed by atoms with Crippen LogP contribution in [-0.4, -0.2) is 21.7 Å². The van der Waals surface area contributed by atoms with E-state index in [-0.39, 0.29) is 24.5 Å². The Balaban J connectivity index is 1.57. The number of aromatic amines is 1. The lowest BCUT2D eigenvalue weighted by Crippen LogP contribution is -2.14. The summed E-state index contributed by atoms with van der Waals surface area (Å²) in [5, 5.41) is 2.69. The largest absolute Gasteiger partial charge is 0.324 e. The fourth-order valence-corrected chi connectivity index (χ4v) is 2.98. The lowest BCUT2D eigenvalue weighted by atomic mass is 10.2. The molecule has 6 heteroatoms. The number of nitrogens with zero attached hydrogens (tertiary/aromatic N) is 1. The maximum atomic E-state index is 12.0. The number of aryl methyl sites for hydroxylation is 1. The summed E-state index contributed by atoms with van der Waals surface area (Å²) in [6.45, 7) is 1.95. The molecule has 3 aromatic rings. The number of aromatic nitrogens is 2. The van der Waals surface area contributed by atoms with Crippen LogP contribution in [0.1, 0.15) is 27.4 Å². The minimum absolute atomic E-state index is 0.00199. The molecular formula is C16H15N3O2S. The fraction of sp³-hybridized carbons (Fsp3) is 0.188. The van der Waals surface area contributed by atoms with Gasteiger partial charge in [0.2, 0.25) is 11.9 Å². The van der Waals surface area contributed by atoms with E-state index in [9.17, 15) is 9.59 Å². The van der Waals surface area contributed by atoms with Crippen molar-refractivity contribution in [2.24, 2.45) is 0 Å². The maximum Gasteiger partial charge on any atom is 0.227 e. The van der Waals surface area contributed by atoms with Crippen molar-refractivity contribution >= 4 is 40.0 Å². The molecule has 3 rings (SSSR count). The molecular weight excluding hydrogens is 298 g/mol. The third-order valence-electron chi connectivity index (χ3n) is 3.24. The molecule has 2 N–H and O–H groups in total. The zero-order valence-corrected chi connectivity index (χ0v) is 12.9. The first-order valence-corrected chi connectivity index (χ1v) is 7.78. The van der Waals surface area contributed by atoms with Crippen molar-refractivity contribution in [2.75, 3.05) is 5.32 Å². The van der Waals surface area contributed by atoms with E-state index in [0.717, 1.165) is 15.9 Å². The molecule has 0 spiro atoms. The van der Waals surface area contributed by atoms with Gasteiger partial charge in [-0.2, -0.15) is 0 Å². The number of thiophene rings is 1. The number of carbonyl (C=O) groups is 2. The lowest BCUT2D eigenvalue weighted by molar-refractivity contribution is -0.116. The summed E-state index contributed by atoms with van der Waals surface area (Å²) < 4.78 is 0. The summed E-state index contributed by atoms with van der Waals surface area (Å²) in [7, 11) is 0. The van der Waals surface area contributed by atoms with Gasteiger partial charge in [0.25, 0.3) is 0 Å². The number of carbonyl (C=O) groups excluding carboxylic acids is 2. The molecule has 0 fully saturated rings. The highest BCUT2D eigenvalue weighted by Gasteiger charge is 2.12. The molecule has 5 nitrogen and oxygen atoms in total. The zero-order chi connectivity index (χ0) is 15.5. The van der Waals surface area contributed by atoms with Crippen molar-refractivity contribution < 1.29 is 9.59 Å². The molecule has 22 heavy (non-hydrogen) atoms. The highest BCUT2D eigenvalue weighted by Crippen LogP contribution is 2.18. The average molecular weight is 313 g/mol. The molecule has 1 amide bonds. The normalized spacial score (nSPS) is 10.8. The monoisotopic (exact) mass is 313 g/mol. The number of rotatable bonds is 5. The highest BCUT2D eigenvalue weighted by molar-refractivity contribution is 7.14. The van der Waals surface area contributed by atoms with Crippen LogP contribution in [-0.2, 0) is 4.79 Å². The molecule has 2 heterocycles. The van der Waals surface area contributed by atoms with Gasteiger partial charge in [-0.25, -0.2) is 4.98 Å². The third-order valence-corrected chi connectivity index (χ3v) is 4.28. The molecule has 0 unspecified atom stereocenters. The molecule has 112 valence electrons. The number of hydrogen-bond donors (Lipinski definition) is 2. The minimum atomic E-state index is -0.222. The first-order valence-electron chi connectivity index (χ1n) is 6.96. The molecule has 0 saturated heterocycles. The van der Waals surface area contributed by atoms with Crippen molar-refractivity contribution in [3.8, 4) is 0 Å². The topological polar surface area (TPSA) is 74.8 Å². The van der Waals surface area contributed by atoms with Crippen molar-refractivity contribution in [1.29, 1.82) is 0 Å². The number of benzene rings is 1. The quantitative estimate of drug-likeness (QED) is 0.708. The molecule has 0 radical (unpaired) electrons. The standard InChI is InChI=1S/C16H15N3O2S/c1-10-6-8-14(22-10)13(20)7-9-15(21)19-16-17-11-4-2-3-5-12(11)18-16/h2-6,8H,7,9H2,1H3,(H2,17,18,19,21). The van der Waals surface area contributed by atoms with Crippen molar-refractivity contribution in [1.82, 2.24) is 9.97 Å². The second-order valence-corrected chi connectivity index (χ2v) is 6.27. The Bertz CT molecular complexity index is 802. The van der Waals surface area contributed by atoms with Crippen LogP contribution in [0.5, 0.6) is 0 Å². The predicted molar refractivity (Wildman–Crippen MR) is 87.3 cm³/mol. The molecule has 0 aliphatic rings. The first kappa shape index (κ1) is 14.5. The Labute approximate surface area is 131 Å². The number of hydrogen-bond acceptors (Lipinski definition) is 4. The number of para-hydroxylation sites is 2. The van der Waals surface area contributed by atoms with E-state index in [1.54, 1.807) is 6.07 Å². The predicted octanol–water partition coefficient (Wildman–Crippen LogP) is 3.53. The van der Waals surface area contributed by atoms with E-state index < -0.39 is 0 Å². The van der Waals surface area contributed by atoms with E-state index in [1.807, 2.05) is 37.3 Å². The van der Waals surface area contributed by atoms with Crippen LogP contribution in [0.15, 0.2) is 36.4 Å². The van der Waals surface area contributed by atoms with Gasteiger partial charge in [0.1, 0.15) is 0 Å². The number of Topliss-reactive ketones (excluding diaryl/α,β-unsaturated/α-hetero) is 1. The Morgan fingerprint density at radius 2 is 2.00 bits per heavy atom. The first-order chi connectivity index (χ1) is 10.6. The molecule has 0 saturated carbocycles. The van der Waals surface area contributed by atoms with Crippen LogP contribution in [0.3, 0.4) is 0 Å². The van der Waals surface area contributed by atoms with Crippen LogP contribution in [0.25, 0.3) is 11.0 Å². The summed E-state index contributed by atoms with van der Waals surface area (Å²) in [5.41, 5.74) is 1.66. The number of nitrogens with one attached hydrogen (secondary N) is 2. The number of anilines is 1. The van der Waals surface area contributed by atoms with E-state index in [4.69, 9.17) is 0 Å². The van der Waals surface area contributed by atoms with Crippen LogP contribution in [0.2, 0.25) is 0 Å². The van der Waals surface area contributed by atoms with Gasteiger partial charge in [0, 0.05) is 17.7 Å². The summed E-state index contributed by atoms with van der Waals surface area (Å²) in [5.74, 6) is 0.184. The Kier molecular flexibility index (Phi) is 4.02. The van der Waals surface area contributed by atoms with Crippen LogP contribution in [0, 0.1) is 6.92 Å². The smallest absolute Gasteiger partial charge is 0.227 e. The Hall–Kier alpha value is -2.47. The van der Waals surface area contributed by atoms with Gasteiger partial charge in [0.05, 0.1) is 15.9 Å². The number of fused-ring (bicyclic) bond motifs is 1. The Morgan fingerprint density at radius 3 is 2.73 bits per heavy atom. The number of ketones is 1. The molecule has 0 bridgehead atoms. The zero-order valence-electron chi connectivity index (χ0n) is 12.1. The van der Waals surface area contributed by atoms with Gasteiger partial charge >= 0.3 is 0 Å². The van der Waals surface area contributed by atoms with Crippen molar-refractivity contribution in [3.05, 3.63) is 46.2 Å². The average Bonchev–Trinajstić information content (AvgIpc) is 3.10. The second-order valence-electron chi connectivity index (χ2n) is 4.98. The van der Waals surface area contributed by atoms with Gasteiger partial charge in [-0.3, -0.25) is 14.9 Å². The second kappa shape index (κ2) is 6.11. The number of amides is 1. The fourth-order valence-electron chi connectivity index (χ4n) is 2.14. The minimum Gasteiger partial charge on any atom is -0.324 e. The van der Waals surface area contributed by atoms with Gasteiger partial charge < -0.3 is 4.98 Å². The lowest BCUT2D eigenvalue weighted by Gasteiger charge is -2.00.